The maximum atomic E-state index is 13.2. The molecule has 32 heavy (non-hydrogen) atoms. The molecule has 0 unspecified atom stereocenters. The third-order valence-electron chi connectivity index (χ3n) is 6.11. The zero-order valence-corrected chi connectivity index (χ0v) is 20.1. The molecule has 0 atom stereocenters. The van der Waals surface area contributed by atoms with E-state index in [0.717, 1.165) is 41.9 Å². The van der Waals surface area contributed by atoms with Crippen LogP contribution in [0, 0.1) is 13.8 Å². The Morgan fingerprint density at radius 1 is 0.906 bits per heavy atom. The molecule has 2 saturated heterocycles. The van der Waals surface area contributed by atoms with Crippen molar-refractivity contribution in [1.82, 2.24) is 14.3 Å². The molecular weight excluding hydrogens is 426 g/mol. The van der Waals surface area contributed by atoms with Crippen LogP contribution in [0.2, 0.25) is 0 Å². The van der Waals surface area contributed by atoms with Crippen molar-refractivity contribution in [2.24, 2.45) is 0 Å². The molecule has 0 saturated carbocycles. The Balaban J connectivity index is 1.46. The van der Waals surface area contributed by atoms with Gasteiger partial charge in [-0.3, -0.25) is 0 Å². The number of hydrogen-bond donors (Lipinski definition) is 0. The second kappa shape index (κ2) is 9.62. The number of benzene rings is 1. The van der Waals surface area contributed by atoms with Gasteiger partial charge in [0.2, 0.25) is 16.0 Å². The van der Waals surface area contributed by atoms with E-state index in [1.54, 1.807) is 22.5 Å². The van der Waals surface area contributed by atoms with Gasteiger partial charge in [0.1, 0.15) is 11.6 Å². The number of aryl methyl sites for hydroxylation is 2. The van der Waals surface area contributed by atoms with Gasteiger partial charge in [-0.2, -0.15) is 9.29 Å². The summed E-state index contributed by atoms with van der Waals surface area (Å²) < 4.78 is 33.5. The largest absolute Gasteiger partial charge is 0.494 e. The average Bonchev–Trinajstić information content (AvgIpc) is 2.81. The summed E-state index contributed by atoms with van der Waals surface area (Å²) in [6, 6.07) is 7.07. The van der Waals surface area contributed by atoms with Crippen LogP contribution in [0.25, 0.3) is 0 Å². The third kappa shape index (κ3) is 4.83. The molecule has 0 bridgehead atoms. The summed E-state index contributed by atoms with van der Waals surface area (Å²) in [4.78, 5) is 14.2. The monoisotopic (exact) mass is 459 g/mol. The van der Waals surface area contributed by atoms with E-state index in [2.05, 4.69) is 14.8 Å². The molecule has 0 radical (unpaired) electrons. The highest BCUT2D eigenvalue weighted by molar-refractivity contribution is 7.89. The molecule has 0 N–H and O–H groups in total. The Morgan fingerprint density at radius 2 is 1.62 bits per heavy atom. The molecule has 174 valence electrons. The second-order valence-corrected chi connectivity index (χ2v) is 10.4. The lowest BCUT2D eigenvalue weighted by atomic mass is 10.1. The van der Waals surface area contributed by atoms with Crippen LogP contribution in [0.3, 0.4) is 0 Å². The van der Waals surface area contributed by atoms with Gasteiger partial charge in [-0.25, -0.2) is 13.4 Å². The Hall–Kier alpha value is -2.39. The average molecular weight is 460 g/mol. The fourth-order valence-electron chi connectivity index (χ4n) is 4.34. The van der Waals surface area contributed by atoms with Gasteiger partial charge in [-0.1, -0.05) is 0 Å². The Labute approximate surface area is 191 Å². The molecule has 2 aliphatic rings. The predicted molar refractivity (Wildman–Crippen MR) is 126 cm³/mol. The number of anilines is 2. The van der Waals surface area contributed by atoms with Crippen LogP contribution in [0.15, 0.2) is 29.2 Å². The van der Waals surface area contributed by atoms with Crippen LogP contribution >= 0.6 is 0 Å². The summed E-state index contributed by atoms with van der Waals surface area (Å²) in [6.45, 7) is 10.4. The fraction of sp³-hybridized carbons (Fsp3) is 0.565. The number of piperidine rings is 1. The van der Waals surface area contributed by atoms with E-state index in [1.807, 2.05) is 26.8 Å². The van der Waals surface area contributed by atoms with E-state index >= 15 is 0 Å². The summed E-state index contributed by atoms with van der Waals surface area (Å²) >= 11 is 0. The van der Waals surface area contributed by atoms with Gasteiger partial charge in [0, 0.05) is 51.0 Å². The maximum absolute atomic E-state index is 13.2. The lowest BCUT2D eigenvalue weighted by Gasteiger charge is -2.35. The van der Waals surface area contributed by atoms with Gasteiger partial charge >= 0.3 is 0 Å². The topological polar surface area (TPSA) is 78.9 Å². The van der Waals surface area contributed by atoms with E-state index in [1.165, 1.54) is 19.3 Å². The normalized spacial score (nSPS) is 18.1. The molecular formula is C23H33N5O3S. The van der Waals surface area contributed by atoms with Crippen LogP contribution in [-0.2, 0) is 10.0 Å². The van der Waals surface area contributed by atoms with E-state index < -0.39 is 10.0 Å². The van der Waals surface area contributed by atoms with Crippen molar-refractivity contribution in [2.45, 2.75) is 44.9 Å². The van der Waals surface area contributed by atoms with Gasteiger partial charge < -0.3 is 14.5 Å². The summed E-state index contributed by atoms with van der Waals surface area (Å²) in [5, 5.41) is 0. The molecule has 3 heterocycles. The van der Waals surface area contributed by atoms with Crippen molar-refractivity contribution in [3.05, 3.63) is 35.5 Å². The highest BCUT2D eigenvalue weighted by atomic mass is 32.2. The van der Waals surface area contributed by atoms with Crippen LogP contribution in [-0.4, -0.2) is 68.6 Å². The minimum Gasteiger partial charge on any atom is -0.494 e. The molecule has 9 heteroatoms. The van der Waals surface area contributed by atoms with Crippen molar-refractivity contribution in [3.63, 3.8) is 0 Å². The molecule has 2 aliphatic heterocycles. The van der Waals surface area contributed by atoms with E-state index in [0.29, 0.717) is 37.7 Å². The molecule has 0 aliphatic carbocycles. The minimum absolute atomic E-state index is 0.317. The first-order chi connectivity index (χ1) is 15.4. The van der Waals surface area contributed by atoms with Crippen molar-refractivity contribution in [1.29, 1.82) is 0 Å². The minimum atomic E-state index is -3.55. The molecule has 8 nitrogen and oxygen atoms in total. The zero-order chi connectivity index (χ0) is 22.7. The second-order valence-electron chi connectivity index (χ2n) is 8.47. The van der Waals surface area contributed by atoms with Gasteiger partial charge in [-0.05, 0) is 63.8 Å². The van der Waals surface area contributed by atoms with Crippen molar-refractivity contribution >= 4 is 21.8 Å². The van der Waals surface area contributed by atoms with Crippen LogP contribution in [0.4, 0.5) is 11.8 Å². The number of piperazine rings is 1. The highest BCUT2D eigenvalue weighted by Crippen LogP contribution is 2.26. The van der Waals surface area contributed by atoms with E-state index in [4.69, 9.17) is 9.72 Å². The molecule has 0 spiro atoms. The number of ether oxygens (including phenoxy) is 1. The number of sulfonamides is 1. The third-order valence-corrected chi connectivity index (χ3v) is 8.01. The maximum Gasteiger partial charge on any atom is 0.243 e. The van der Waals surface area contributed by atoms with Crippen LogP contribution < -0.4 is 14.5 Å². The number of nitrogens with zero attached hydrogens (tertiary/aromatic N) is 5. The first-order valence-corrected chi connectivity index (χ1v) is 12.9. The van der Waals surface area contributed by atoms with E-state index in [-0.39, 0.29) is 0 Å². The van der Waals surface area contributed by atoms with Gasteiger partial charge in [0.05, 0.1) is 11.5 Å². The number of aromatic nitrogens is 2. The Bertz CT molecular complexity index is 1050. The summed E-state index contributed by atoms with van der Waals surface area (Å²) in [5.74, 6) is 2.39. The van der Waals surface area contributed by atoms with Gasteiger partial charge in [-0.15, -0.1) is 0 Å². The summed E-state index contributed by atoms with van der Waals surface area (Å²) in [5.41, 5.74) is 1.77. The Morgan fingerprint density at radius 3 is 2.28 bits per heavy atom. The zero-order valence-electron chi connectivity index (χ0n) is 19.2. The fourth-order valence-corrected chi connectivity index (χ4v) is 5.85. The Kier molecular flexibility index (Phi) is 6.85. The highest BCUT2D eigenvalue weighted by Gasteiger charge is 2.30. The van der Waals surface area contributed by atoms with Gasteiger partial charge in [0.25, 0.3) is 0 Å². The lowest BCUT2D eigenvalue weighted by molar-refractivity contribution is 0.337. The van der Waals surface area contributed by atoms with E-state index in [9.17, 15) is 8.42 Å². The van der Waals surface area contributed by atoms with Gasteiger partial charge in [0.15, 0.2) is 0 Å². The van der Waals surface area contributed by atoms with Crippen molar-refractivity contribution < 1.29 is 13.2 Å². The first-order valence-electron chi connectivity index (χ1n) is 11.5. The first kappa shape index (κ1) is 22.8. The smallest absolute Gasteiger partial charge is 0.243 e. The lowest BCUT2D eigenvalue weighted by Crippen LogP contribution is -2.49. The number of rotatable bonds is 6. The summed E-state index contributed by atoms with van der Waals surface area (Å²) in [6.07, 6.45) is 3.61. The predicted octanol–water partition coefficient (Wildman–Crippen LogP) is 2.99. The molecule has 4 rings (SSSR count). The van der Waals surface area contributed by atoms with Crippen LogP contribution in [0.5, 0.6) is 5.75 Å². The van der Waals surface area contributed by atoms with Crippen LogP contribution in [0.1, 0.15) is 37.4 Å². The molecule has 1 aromatic carbocycles. The quantitative estimate of drug-likeness (QED) is 0.657. The van der Waals surface area contributed by atoms with Crippen molar-refractivity contribution in [3.8, 4) is 5.75 Å². The molecule has 2 aromatic rings. The molecule has 1 aromatic heterocycles. The standard InChI is InChI=1S/C23H33N5O3S/c1-4-31-21-9-8-20(16-18(21)2)32(29,30)28-14-12-26(13-15-28)22-17-19(3)24-23(25-22)27-10-6-5-7-11-27/h8-9,16-17H,4-7,10-15H2,1-3H3. The summed E-state index contributed by atoms with van der Waals surface area (Å²) in [7, 11) is -3.55. The number of hydrogen-bond acceptors (Lipinski definition) is 7. The van der Waals surface area contributed by atoms with Crippen molar-refractivity contribution in [2.75, 3.05) is 55.7 Å². The SMILES string of the molecule is CCOc1ccc(S(=O)(=O)N2CCN(c3cc(C)nc(N4CCCCC4)n3)CC2)cc1C. The molecule has 2 fully saturated rings. The molecule has 0 amide bonds.